The van der Waals surface area contributed by atoms with Gasteiger partial charge in [-0.15, -0.1) is 0 Å². The molecule has 0 aromatic carbocycles. The maximum Gasteiger partial charge on any atom is 0.202 e. The second kappa shape index (κ2) is 5.43. The van der Waals surface area contributed by atoms with Crippen LogP contribution >= 0.6 is 0 Å². The zero-order valence-electron chi connectivity index (χ0n) is 12.5. The maximum absolute atomic E-state index is 6.07. The van der Waals surface area contributed by atoms with E-state index in [1.54, 1.807) is 0 Å². The summed E-state index contributed by atoms with van der Waals surface area (Å²) >= 11 is 0. The molecule has 4 nitrogen and oxygen atoms in total. The summed E-state index contributed by atoms with van der Waals surface area (Å²) in [6, 6.07) is 1.99. The topological polar surface area (TPSA) is 56.7 Å². The van der Waals surface area contributed by atoms with Crippen LogP contribution in [0.5, 0.6) is 0 Å². The van der Waals surface area contributed by atoms with Gasteiger partial charge in [0.25, 0.3) is 0 Å². The van der Waals surface area contributed by atoms with Crippen LogP contribution in [0.25, 0.3) is 11.2 Å². The molecule has 108 valence electrons. The molecule has 1 aliphatic carbocycles. The average molecular weight is 272 g/mol. The van der Waals surface area contributed by atoms with Crippen molar-refractivity contribution in [2.45, 2.75) is 52.5 Å². The molecule has 2 aromatic rings. The zero-order chi connectivity index (χ0) is 14.1. The Morgan fingerprint density at radius 3 is 2.80 bits per heavy atom. The molecule has 2 heterocycles. The standard InChI is InChI=1S/C16H24N4/c1-11-3-5-13(6-4-11)8-10-20-15-14(19-16(20)17)12(2)7-9-18-15/h7,9,11,13H,3-6,8,10H2,1-2H3,(H2,17,19). The highest BCUT2D eigenvalue weighted by Gasteiger charge is 2.19. The zero-order valence-corrected chi connectivity index (χ0v) is 12.5. The minimum atomic E-state index is 0.603. The van der Waals surface area contributed by atoms with E-state index in [1.165, 1.54) is 32.1 Å². The van der Waals surface area contributed by atoms with E-state index in [2.05, 4.69) is 28.4 Å². The normalized spacial score (nSPS) is 23.3. The molecule has 0 unspecified atom stereocenters. The fourth-order valence-electron chi connectivity index (χ4n) is 3.31. The third-order valence-corrected chi connectivity index (χ3v) is 4.76. The molecule has 1 fully saturated rings. The van der Waals surface area contributed by atoms with E-state index in [1.807, 2.05) is 12.3 Å². The Balaban J connectivity index is 1.74. The first-order chi connectivity index (χ1) is 9.65. The SMILES string of the molecule is Cc1ccnc2c1nc(N)n2CCC1CCC(C)CC1. The lowest BCUT2D eigenvalue weighted by molar-refractivity contribution is 0.270. The molecular weight excluding hydrogens is 248 g/mol. The highest BCUT2D eigenvalue weighted by molar-refractivity contribution is 5.77. The Hall–Kier alpha value is -1.58. The third kappa shape index (κ3) is 2.51. The molecule has 20 heavy (non-hydrogen) atoms. The lowest BCUT2D eigenvalue weighted by Gasteiger charge is -2.26. The molecule has 2 N–H and O–H groups in total. The fourth-order valence-corrected chi connectivity index (χ4v) is 3.31. The van der Waals surface area contributed by atoms with Crippen LogP contribution in [-0.2, 0) is 6.54 Å². The van der Waals surface area contributed by atoms with E-state index < -0.39 is 0 Å². The van der Waals surface area contributed by atoms with Crippen LogP contribution in [-0.4, -0.2) is 14.5 Å². The largest absolute Gasteiger partial charge is 0.369 e. The number of aryl methyl sites for hydroxylation is 2. The van der Waals surface area contributed by atoms with E-state index in [4.69, 9.17) is 5.73 Å². The second-order valence-corrected chi connectivity index (χ2v) is 6.34. The lowest BCUT2D eigenvalue weighted by atomic mass is 9.81. The minimum absolute atomic E-state index is 0.603. The molecule has 0 aliphatic heterocycles. The van der Waals surface area contributed by atoms with Crippen molar-refractivity contribution in [1.82, 2.24) is 14.5 Å². The predicted molar refractivity (Wildman–Crippen MR) is 82.4 cm³/mol. The molecule has 4 heteroatoms. The van der Waals surface area contributed by atoms with Gasteiger partial charge < -0.3 is 5.73 Å². The first-order valence-corrected chi connectivity index (χ1v) is 7.72. The monoisotopic (exact) mass is 272 g/mol. The summed E-state index contributed by atoms with van der Waals surface area (Å²) in [6.07, 6.45) is 8.51. The molecule has 3 rings (SSSR count). The number of nitrogens with zero attached hydrogens (tertiary/aromatic N) is 3. The smallest absolute Gasteiger partial charge is 0.202 e. The summed E-state index contributed by atoms with van der Waals surface area (Å²) in [5.41, 5.74) is 9.10. The van der Waals surface area contributed by atoms with Gasteiger partial charge in [0.05, 0.1) is 0 Å². The molecule has 0 atom stereocenters. The number of rotatable bonds is 3. The van der Waals surface area contributed by atoms with Crippen LogP contribution in [0, 0.1) is 18.8 Å². The minimum Gasteiger partial charge on any atom is -0.369 e. The van der Waals surface area contributed by atoms with Crippen molar-refractivity contribution in [1.29, 1.82) is 0 Å². The summed E-state index contributed by atoms with van der Waals surface area (Å²) in [5.74, 6) is 2.36. The Labute approximate surface area is 120 Å². The number of aromatic nitrogens is 3. The van der Waals surface area contributed by atoms with Gasteiger partial charge in [-0.3, -0.25) is 4.57 Å². The first kappa shape index (κ1) is 13.4. The summed E-state index contributed by atoms with van der Waals surface area (Å²) < 4.78 is 2.08. The molecular formula is C16H24N4. The van der Waals surface area contributed by atoms with Crippen molar-refractivity contribution in [3.8, 4) is 0 Å². The quantitative estimate of drug-likeness (QED) is 0.929. The van der Waals surface area contributed by atoms with Gasteiger partial charge in [0.15, 0.2) is 5.65 Å². The van der Waals surface area contributed by atoms with Crippen LogP contribution in [0.4, 0.5) is 5.95 Å². The van der Waals surface area contributed by atoms with Crippen molar-refractivity contribution in [2.24, 2.45) is 11.8 Å². The van der Waals surface area contributed by atoms with Crippen LogP contribution < -0.4 is 5.73 Å². The van der Waals surface area contributed by atoms with Gasteiger partial charge in [0.1, 0.15) is 5.52 Å². The van der Waals surface area contributed by atoms with Gasteiger partial charge >= 0.3 is 0 Å². The predicted octanol–water partition coefficient (Wildman–Crippen LogP) is 3.54. The van der Waals surface area contributed by atoms with Crippen LogP contribution in [0.15, 0.2) is 12.3 Å². The van der Waals surface area contributed by atoms with E-state index >= 15 is 0 Å². The fraction of sp³-hybridized carbons (Fsp3) is 0.625. The first-order valence-electron chi connectivity index (χ1n) is 7.72. The van der Waals surface area contributed by atoms with E-state index in [9.17, 15) is 0 Å². The van der Waals surface area contributed by atoms with Gasteiger partial charge in [-0.05, 0) is 36.8 Å². The van der Waals surface area contributed by atoms with E-state index in [0.29, 0.717) is 5.95 Å². The molecule has 1 saturated carbocycles. The molecule has 0 saturated heterocycles. The lowest BCUT2D eigenvalue weighted by Crippen LogP contribution is -2.15. The number of nitrogen functional groups attached to an aromatic ring is 1. The Bertz CT molecular complexity index is 594. The van der Waals surface area contributed by atoms with Crippen molar-refractivity contribution in [3.63, 3.8) is 0 Å². The molecule has 0 radical (unpaired) electrons. The summed E-state index contributed by atoms with van der Waals surface area (Å²) in [6.45, 7) is 5.37. The van der Waals surface area contributed by atoms with Gasteiger partial charge in [0, 0.05) is 12.7 Å². The number of fused-ring (bicyclic) bond motifs is 1. The number of pyridine rings is 1. The van der Waals surface area contributed by atoms with Crippen LogP contribution in [0.2, 0.25) is 0 Å². The van der Waals surface area contributed by atoms with Gasteiger partial charge in [-0.2, -0.15) is 0 Å². The van der Waals surface area contributed by atoms with Gasteiger partial charge in [0.2, 0.25) is 5.95 Å². The van der Waals surface area contributed by atoms with Crippen molar-refractivity contribution >= 4 is 17.1 Å². The van der Waals surface area contributed by atoms with Gasteiger partial charge in [-0.25, -0.2) is 9.97 Å². The average Bonchev–Trinajstić information content (AvgIpc) is 2.76. The molecule has 0 spiro atoms. The molecule has 0 amide bonds. The second-order valence-electron chi connectivity index (χ2n) is 6.34. The highest BCUT2D eigenvalue weighted by Crippen LogP contribution is 2.31. The van der Waals surface area contributed by atoms with Crippen molar-refractivity contribution in [3.05, 3.63) is 17.8 Å². The maximum atomic E-state index is 6.07. The summed E-state index contributed by atoms with van der Waals surface area (Å²) in [5, 5.41) is 0. The number of nitrogens with two attached hydrogens (primary N) is 1. The van der Waals surface area contributed by atoms with E-state index in [0.717, 1.165) is 35.1 Å². The van der Waals surface area contributed by atoms with E-state index in [-0.39, 0.29) is 0 Å². The molecule has 1 aliphatic rings. The Kier molecular flexibility index (Phi) is 3.64. The third-order valence-electron chi connectivity index (χ3n) is 4.76. The number of anilines is 1. The number of imidazole rings is 1. The number of hydrogen-bond acceptors (Lipinski definition) is 3. The Morgan fingerprint density at radius 1 is 1.30 bits per heavy atom. The Morgan fingerprint density at radius 2 is 2.05 bits per heavy atom. The van der Waals surface area contributed by atoms with Crippen LogP contribution in [0.1, 0.15) is 44.6 Å². The summed E-state index contributed by atoms with van der Waals surface area (Å²) in [4.78, 5) is 8.93. The molecule has 0 bridgehead atoms. The van der Waals surface area contributed by atoms with Crippen molar-refractivity contribution < 1.29 is 0 Å². The van der Waals surface area contributed by atoms with Crippen molar-refractivity contribution in [2.75, 3.05) is 5.73 Å². The summed E-state index contributed by atoms with van der Waals surface area (Å²) in [7, 11) is 0. The van der Waals surface area contributed by atoms with Gasteiger partial charge in [-0.1, -0.05) is 32.6 Å². The number of hydrogen-bond donors (Lipinski definition) is 1. The molecule has 2 aromatic heterocycles. The highest BCUT2D eigenvalue weighted by atomic mass is 15.2. The van der Waals surface area contributed by atoms with Crippen LogP contribution in [0.3, 0.4) is 0 Å².